The summed E-state index contributed by atoms with van der Waals surface area (Å²) in [4.78, 5) is 17.2. The molecule has 31 heavy (non-hydrogen) atoms. The zero-order valence-corrected chi connectivity index (χ0v) is 19.4. The second-order valence-electron chi connectivity index (χ2n) is 7.27. The van der Waals surface area contributed by atoms with Gasteiger partial charge in [0, 0.05) is 38.7 Å². The number of benzene rings is 2. The van der Waals surface area contributed by atoms with E-state index in [9.17, 15) is 4.79 Å². The third kappa shape index (κ3) is 5.13. The summed E-state index contributed by atoms with van der Waals surface area (Å²) in [6, 6.07) is 15.1. The molecule has 0 fully saturated rings. The van der Waals surface area contributed by atoms with Crippen LogP contribution in [0.4, 0.5) is 10.8 Å². The summed E-state index contributed by atoms with van der Waals surface area (Å²) >= 11 is 13.7. The van der Waals surface area contributed by atoms with Gasteiger partial charge in [-0.3, -0.25) is 4.79 Å². The maximum atomic E-state index is 12.5. The Hall–Kier alpha value is -2.73. The molecule has 156 valence electrons. The third-order valence-corrected chi connectivity index (χ3v) is 6.51. The SMILES string of the molecule is Cc1cc(C(=O)C[n+]2ccc(Nc3nc(-c4ccc(Cl)c(C)c4)cs3)cc2)ccc1Cl. The molecule has 2 aromatic carbocycles. The molecule has 1 N–H and O–H groups in total. The minimum absolute atomic E-state index is 0.0355. The number of carbonyl (C=O) groups is 1. The maximum Gasteiger partial charge on any atom is 0.227 e. The molecular weight excluding hydrogens is 449 g/mol. The molecule has 0 saturated heterocycles. The van der Waals surface area contributed by atoms with Gasteiger partial charge in [0.1, 0.15) is 0 Å². The lowest BCUT2D eigenvalue weighted by molar-refractivity contribution is -0.683. The smallest absolute Gasteiger partial charge is 0.227 e. The minimum Gasteiger partial charge on any atom is -0.331 e. The van der Waals surface area contributed by atoms with Crippen molar-refractivity contribution >= 4 is 51.1 Å². The molecule has 0 spiro atoms. The summed E-state index contributed by atoms with van der Waals surface area (Å²) in [5.74, 6) is 0.0355. The zero-order valence-electron chi connectivity index (χ0n) is 17.0. The molecule has 0 radical (unpaired) electrons. The van der Waals surface area contributed by atoms with E-state index < -0.39 is 0 Å². The number of pyridine rings is 1. The monoisotopic (exact) mass is 468 g/mol. The third-order valence-electron chi connectivity index (χ3n) is 4.91. The summed E-state index contributed by atoms with van der Waals surface area (Å²) in [6.07, 6.45) is 3.75. The van der Waals surface area contributed by atoms with Crippen LogP contribution in [0.1, 0.15) is 21.5 Å². The van der Waals surface area contributed by atoms with Crippen LogP contribution in [0.5, 0.6) is 0 Å². The average molecular weight is 469 g/mol. The van der Waals surface area contributed by atoms with Gasteiger partial charge in [-0.2, -0.15) is 4.57 Å². The first kappa shape index (κ1) is 21.5. The number of nitrogens with zero attached hydrogens (tertiary/aromatic N) is 2. The van der Waals surface area contributed by atoms with Crippen molar-refractivity contribution in [2.45, 2.75) is 20.4 Å². The summed E-state index contributed by atoms with van der Waals surface area (Å²) in [5, 5.41) is 7.54. The molecule has 4 rings (SSSR count). The maximum absolute atomic E-state index is 12.5. The van der Waals surface area contributed by atoms with Gasteiger partial charge in [-0.25, -0.2) is 4.98 Å². The number of anilines is 2. The fraction of sp³-hybridized carbons (Fsp3) is 0.125. The van der Waals surface area contributed by atoms with Crippen LogP contribution >= 0.6 is 34.5 Å². The summed E-state index contributed by atoms with van der Waals surface area (Å²) in [6.45, 7) is 4.14. The first-order chi connectivity index (χ1) is 14.9. The highest BCUT2D eigenvalue weighted by atomic mass is 35.5. The highest BCUT2D eigenvalue weighted by Gasteiger charge is 2.13. The molecule has 0 aliphatic rings. The Morgan fingerprint density at radius 2 is 1.68 bits per heavy atom. The van der Waals surface area contributed by atoms with Gasteiger partial charge < -0.3 is 5.32 Å². The van der Waals surface area contributed by atoms with E-state index in [1.807, 2.05) is 72.6 Å². The van der Waals surface area contributed by atoms with E-state index in [2.05, 4.69) is 10.3 Å². The zero-order chi connectivity index (χ0) is 22.0. The van der Waals surface area contributed by atoms with Crippen molar-refractivity contribution in [1.29, 1.82) is 0 Å². The largest absolute Gasteiger partial charge is 0.331 e. The van der Waals surface area contributed by atoms with Gasteiger partial charge in [0.15, 0.2) is 17.5 Å². The van der Waals surface area contributed by atoms with Crippen LogP contribution in [0.3, 0.4) is 0 Å². The summed E-state index contributed by atoms with van der Waals surface area (Å²) < 4.78 is 1.85. The Kier molecular flexibility index (Phi) is 6.37. The van der Waals surface area contributed by atoms with Gasteiger partial charge in [-0.15, -0.1) is 11.3 Å². The van der Waals surface area contributed by atoms with Crippen molar-refractivity contribution in [3.63, 3.8) is 0 Å². The van der Waals surface area contributed by atoms with Gasteiger partial charge in [-0.1, -0.05) is 29.3 Å². The van der Waals surface area contributed by atoms with E-state index >= 15 is 0 Å². The summed E-state index contributed by atoms with van der Waals surface area (Å²) in [7, 11) is 0. The second kappa shape index (κ2) is 9.18. The predicted octanol–water partition coefficient (Wildman–Crippen LogP) is 6.65. The fourth-order valence-electron chi connectivity index (χ4n) is 3.11. The molecule has 4 nitrogen and oxygen atoms in total. The minimum atomic E-state index is 0.0355. The number of aromatic nitrogens is 2. The average Bonchev–Trinajstić information content (AvgIpc) is 3.22. The van der Waals surface area contributed by atoms with Crippen LogP contribution in [0.15, 0.2) is 66.3 Å². The first-order valence-corrected chi connectivity index (χ1v) is 11.3. The van der Waals surface area contributed by atoms with E-state index in [1.165, 1.54) is 11.3 Å². The van der Waals surface area contributed by atoms with Gasteiger partial charge in [0.25, 0.3) is 0 Å². The van der Waals surface area contributed by atoms with Crippen LogP contribution in [-0.4, -0.2) is 10.8 Å². The number of nitrogens with one attached hydrogen (secondary N) is 1. The molecule has 0 aliphatic carbocycles. The Bertz CT molecular complexity index is 1250. The van der Waals surface area contributed by atoms with E-state index in [4.69, 9.17) is 23.2 Å². The van der Waals surface area contributed by atoms with Crippen LogP contribution in [0, 0.1) is 13.8 Å². The number of hydrogen-bond acceptors (Lipinski definition) is 4. The molecule has 0 unspecified atom stereocenters. The standard InChI is InChI=1S/C24H19Cl2N3OS/c1-15-11-17(3-5-20(15)25)22-14-31-24(28-22)27-19-7-9-29(10-8-19)13-23(30)18-4-6-21(26)16(2)12-18/h3-12,14H,13H2,1-2H3/p+1. The lowest BCUT2D eigenvalue weighted by Gasteiger charge is -2.04. The van der Waals surface area contributed by atoms with Gasteiger partial charge in [0.05, 0.1) is 11.4 Å². The number of aryl methyl sites for hydroxylation is 2. The quantitative estimate of drug-likeness (QED) is 0.254. The molecule has 0 bridgehead atoms. The molecular formula is C24H20Cl2N3OS+. The molecule has 0 atom stereocenters. The van der Waals surface area contributed by atoms with Crippen molar-refractivity contribution in [2.75, 3.05) is 5.32 Å². The number of carbonyl (C=O) groups excluding carboxylic acids is 1. The molecule has 0 aliphatic heterocycles. The van der Waals surface area contributed by atoms with Crippen molar-refractivity contribution in [3.05, 3.63) is 93.0 Å². The summed E-state index contributed by atoms with van der Waals surface area (Å²) in [5.41, 5.74) is 5.42. The van der Waals surface area contributed by atoms with Gasteiger partial charge in [-0.05, 0) is 55.3 Å². The van der Waals surface area contributed by atoms with E-state index in [1.54, 1.807) is 12.1 Å². The van der Waals surface area contributed by atoms with E-state index in [0.29, 0.717) is 10.6 Å². The van der Waals surface area contributed by atoms with Crippen LogP contribution in [-0.2, 0) is 6.54 Å². The number of thiazole rings is 1. The first-order valence-electron chi connectivity index (χ1n) is 9.66. The number of ketones is 1. The second-order valence-corrected chi connectivity index (χ2v) is 8.95. The van der Waals surface area contributed by atoms with Crippen molar-refractivity contribution in [2.24, 2.45) is 0 Å². The van der Waals surface area contributed by atoms with Gasteiger partial charge in [0.2, 0.25) is 12.3 Å². The van der Waals surface area contributed by atoms with Crippen molar-refractivity contribution in [1.82, 2.24) is 4.98 Å². The number of hydrogen-bond donors (Lipinski definition) is 1. The van der Waals surface area contributed by atoms with E-state index in [0.717, 1.165) is 38.2 Å². The Morgan fingerprint density at radius 3 is 2.35 bits per heavy atom. The molecule has 2 aromatic heterocycles. The molecule has 4 aromatic rings. The highest BCUT2D eigenvalue weighted by molar-refractivity contribution is 7.14. The Balaban J connectivity index is 1.42. The molecule has 7 heteroatoms. The predicted molar refractivity (Wildman–Crippen MR) is 128 cm³/mol. The normalized spacial score (nSPS) is 10.8. The molecule has 2 heterocycles. The Morgan fingerprint density at radius 1 is 1.00 bits per heavy atom. The topological polar surface area (TPSA) is 45.9 Å². The van der Waals surface area contributed by atoms with Gasteiger partial charge >= 0.3 is 0 Å². The van der Waals surface area contributed by atoms with Crippen LogP contribution in [0.2, 0.25) is 10.0 Å². The van der Waals surface area contributed by atoms with Crippen molar-refractivity contribution < 1.29 is 9.36 Å². The number of rotatable bonds is 6. The fourth-order valence-corrected chi connectivity index (χ4v) is 4.09. The van der Waals surface area contributed by atoms with Crippen LogP contribution < -0.4 is 9.88 Å². The lowest BCUT2D eigenvalue weighted by atomic mass is 10.1. The van der Waals surface area contributed by atoms with E-state index in [-0.39, 0.29) is 12.3 Å². The molecule has 0 amide bonds. The van der Waals surface area contributed by atoms with Crippen LogP contribution in [0.25, 0.3) is 11.3 Å². The van der Waals surface area contributed by atoms with Crippen molar-refractivity contribution in [3.8, 4) is 11.3 Å². The molecule has 0 saturated carbocycles. The number of halogens is 2. The highest BCUT2D eigenvalue weighted by Crippen LogP contribution is 2.29. The lowest BCUT2D eigenvalue weighted by Crippen LogP contribution is -2.37. The Labute approximate surface area is 195 Å². The number of Topliss-reactive ketones (excluding diaryl/α,β-unsaturated/α-hetero) is 1.